The molecule has 2 unspecified atom stereocenters. The summed E-state index contributed by atoms with van der Waals surface area (Å²) in [5, 5.41) is 7.98. The summed E-state index contributed by atoms with van der Waals surface area (Å²) in [7, 11) is 1.99. The van der Waals surface area contributed by atoms with E-state index in [2.05, 4.69) is 30.5 Å². The zero-order chi connectivity index (χ0) is 10.1. The van der Waals surface area contributed by atoms with Crippen molar-refractivity contribution in [2.75, 3.05) is 0 Å². The molecule has 14 heavy (non-hydrogen) atoms. The summed E-state index contributed by atoms with van der Waals surface area (Å²) in [6.07, 6.45) is 4.48. The number of hydrogen-bond acceptors (Lipinski definition) is 2. The Hall–Kier alpha value is -0.830. The molecule has 0 saturated heterocycles. The third-order valence-corrected chi connectivity index (χ3v) is 2.99. The van der Waals surface area contributed by atoms with E-state index in [1.165, 1.54) is 17.7 Å². The van der Waals surface area contributed by atoms with Gasteiger partial charge in [-0.15, -0.1) is 0 Å². The molecule has 78 valence electrons. The smallest absolute Gasteiger partial charge is 0.0666 e. The summed E-state index contributed by atoms with van der Waals surface area (Å²) in [6, 6.07) is 0.750. The van der Waals surface area contributed by atoms with E-state index in [0.717, 1.165) is 24.9 Å². The minimum atomic E-state index is 0.750. The molecule has 1 aliphatic carbocycles. The fourth-order valence-corrected chi connectivity index (χ4v) is 1.88. The van der Waals surface area contributed by atoms with Crippen molar-refractivity contribution in [3.05, 3.63) is 17.5 Å². The lowest BCUT2D eigenvalue weighted by Gasteiger charge is -2.01. The first kappa shape index (κ1) is 9.71. The van der Waals surface area contributed by atoms with Crippen LogP contribution < -0.4 is 5.32 Å². The fraction of sp³-hybridized carbons (Fsp3) is 0.727. The van der Waals surface area contributed by atoms with E-state index in [4.69, 9.17) is 0 Å². The van der Waals surface area contributed by atoms with Crippen LogP contribution in [0.15, 0.2) is 6.20 Å². The van der Waals surface area contributed by atoms with E-state index in [-0.39, 0.29) is 0 Å². The van der Waals surface area contributed by atoms with Crippen LogP contribution in [0.3, 0.4) is 0 Å². The van der Waals surface area contributed by atoms with Crippen LogP contribution in [-0.4, -0.2) is 15.8 Å². The molecular weight excluding hydrogens is 174 g/mol. The van der Waals surface area contributed by atoms with Crippen LogP contribution >= 0.6 is 0 Å². The Morgan fingerprint density at radius 1 is 1.64 bits per heavy atom. The van der Waals surface area contributed by atoms with Crippen molar-refractivity contribution in [2.45, 2.75) is 39.3 Å². The molecular formula is C11H19N3. The first-order valence-electron chi connectivity index (χ1n) is 5.45. The molecule has 0 amide bonds. The second kappa shape index (κ2) is 3.73. The standard InChI is InChI=1S/C11H19N3/c1-4-10-9(7-14(3)13-10)6-12-11-5-8(11)2/h7-8,11-12H,4-6H2,1-3H3. The molecule has 2 rings (SSSR count). The summed E-state index contributed by atoms with van der Waals surface area (Å²) in [4.78, 5) is 0. The molecule has 1 aromatic rings. The van der Waals surface area contributed by atoms with Gasteiger partial charge in [-0.3, -0.25) is 4.68 Å². The van der Waals surface area contributed by atoms with Gasteiger partial charge in [0.25, 0.3) is 0 Å². The highest BCUT2D eigenvalue weighted by Gasteiger charge is 2.31. The van der Waals surface area contributed by atoms with Crippen molar-refractivity contribution in [3.63, 3.8) is 0 Å². The van der Waals surface area contributed by atoms with Gasteiger partial charge in [0.1, 0.15) is 0 Å². The molecule has 1 N–H and O–H groups in total. The van der Waals surface area contributed by atoms with E-state index < -0.39 is 0 Å². The van der Waals surface area contributed by atoms with Crippen molar-refractivity contribution < 1.29 is 0 Å². The number of hydrogen-bond donors (Lipinski definition) is 1. The largest absolute Gasteiger partial charge is 0.310 e. The van der Waals surface area contributed by atoms with Crippen LogP contribution in [0.25, 0.3) is 0 Å². The quantitative estimate of drug-likeness (QED) is 0.785. The minimum absolute atomic E-state index is 0.750. The molecule has 3 nitrogen and oxygen atoms in total. The topological polar surface area (TPSA) is 29.9 Å². The van der Waals surface area contributed by atoms with E-state index in [1.54, 1.807) is 0 Å². The number of nitrogens with one attached hydrogen (secondary N) is 1. The minimum Gasteiger partial charge on any atom is -0.310 e. The van der Waals surface area contributed by atoms with E-state index in [9.17, 15) is 0 Å². The summed E-state index contributed by atoms with van der Waals surface area (Å²) >= 11 is 0. The zero-order valence-corrected chi connectivity index (χ0v) is 9.25. The van der Waals surface area contributed by atoms with E-state index in [1.807, 2.05) is 11.7 Å². The number of aromatic nitrogens is 2. The predicted octanol–water partition coefficient (Wildman–Crippen LogP) is 1.48. The molecule has 1 saturated carbocycles. The third kappa shape index (κ3) is 1.98. The van der Waals surface area contributed by atoms with E-state index >= 15 is 0 Å². The molecule has 1 fully saturated rings. The second-order valence-corrected chi connectivity index (χ2v) is 4.33. The summed E-state index contributed by atoms with van der Waals surface area (Å²) in [6.45, 7) is 5.43. The number of rotatable bonds is 4. The molecule has 0 bridgehead atoms. The highest BCUT2D eigenvalue weighted by atomic mass is 15.3. The van der Waals surface area contributed by atoms with Gasteiger partial charge in [0.05, 0.1) is 5.69 Å². The van der Waals surface area contributed by atoms with Crippen LogP contribution in [-0.2, 0) is 20.0 Å². The Morgan fingerprint density at radius 3 is 2.93 bits per heavy atom. The Balaban J connectivity index is 1.94. The van der Waals surface area contributed by atoms with Gasteiger partial charge in [0.15, 0.2) is 0 Å². The molecule has 1 aliphatic rings. The zero-order valence-electron chi connectivity index (χ0n) is 9.25. The van der Waals surface area contributed by atoms with Gasteiger partial charge in [-0.05, 0) is 18.8 Å². The van der Waals surface area contributed by atoms with Crippen molar-refractivity contribution in [1.82, 2.24) is 15.1 Å². The van der Waals surface area contributed by atoms with Crippen LogP contribution in [0.1, 0.15) is 31.5 Å². The highest BCUT2D eigenvalue weighted by molar-refractivity contribution is 5.17. The SMILES string of the molecule is CCc1nn(C)cc1CNC1CC1C. The molecule has 2 atom stereocenters. The van der Waals surface area contributed by atoms with Crippen molar-refractivity contribution in [3.8, 4) is 0 Å². The molecule has 1 aromatic heterocycles. The Morgan fingerprint density at radius 2 is 2.36 bits per heavy atom. The second-order valence-electron chi connectivity index (χ2n) is 4.33. The molecule has 0 aromatic carbocycles. The van der Waals surface area contributed by atoms with Crippen molar-refractivity contribution in [1.29, 1.82) is 0 Å². The maximum Gasteiger partial charge on any atom is 0.0666 e. The normalized spacial score (nSPS) is 25.4. The van der Waals surface area contributed by atoms with Gasteiger partial charge in [-0.2, -0.15) is 5.10 Å². The number of nitrogens with zero attached hydrogens (tertiary/aromatic N) is 2. The molecule has 0 spiro atoms. The van der Waals surface area contributed by atoms with Gasteiger partial charge < -0.3 is 5.32 Å². The molecule has 0 radical (unpaired) electrons. The average molecular weight is 193 g/mol. The lowest BCUT2D eigenvalue weighted by Crippen LogP contribution is -2.17. The summed E-state index contributed by atoms with van der Waals surface area (Å²) in [5.41, 5.74) is 2.59. The number of aryl methyl sites for hydroxylation is 2. The van der Waals surface area contributed by atoms with Crippen LogP contribution in [0, 0.1) is 5.92 Å². The van der Waals surface area contributed by atoms with Crippen LogP contribution in [0.4, 0.5) is 0 Å². The third-order valence-electron chi connectivity index (χ3n) is 2.99. The van der Waals surface area contributed by atoms with Crippen LogP contribution in [0.2, 0.25) is 0 Å². The predicted molar refractivity (Wildman–Crippen MR) is 57.0 cm³/mol. The van der Waals surface area contributed by atoms with Gasteiger partial charge in [0, 0.05) is 31.4 Å². The van der Waals surface area contributed by atoms with Gasteiger partial charge >= 0.3 is 0 Å². The van der Waals surface area contributed by atoms with E-state index in [0.29, 0.717) is 0 Å². The monoisotopic (exact) mass is 193 g/mol. The van der Waals surface area contributed by atoms with Gasteiger partial charge in [0.2, 0.25) is 0 Å². The summed E-state index contributed by atoms with van der Waals surface area (Å²) in [5.74, 6) is 0.872. The first-order chi connectivity index (χ1) is 6.70. The summed E-state index contributed by atoms with van der Waals surface area (Å²) < 4.78 is 1.91. The van der Waals surface area contributed by atoms with Gasteiger partial charge in [-0.1, -0.05) is 13.8 Å². The molecule has 3 heteroatoms. The van der Waals surface area contributed by atoms with Crippen molar-refractivity contribution in [2.24, 2.45) is 13.0 Å². The highest BCUT2D eigenvalue weighted by Crippen LogP contribution is 2.29. The Kier molecular flexibility index (Phi) is 2.59. The van der Waals surface area contributed by atoms with Crippen molar-refractivity contribution >= 4 is 0 Å². The Labute approximate surface area is 85.5 Å². The first-order valence-corrected chi connectivity index (χ1v) is 5.45. The maximum atomic E-state index is 4.42. The van der Waals surface area contributed by atoms with Crippen LogP contribution in [0.5, 0.6) is 0 Å². The maximum absolute atomic E-state index is 4.42. The Bertz CT molecular complexity index is 316. The lowest BCUT2D eigenvalue weighted by atomic mass is 10.2. The van der Waals surface area contributed by atoms with Gasteiger partial charge in [-0.25, -0.2) is 0 Å². The lowest BCUT2D eigenvalue weighted by molar-refractivity contribution is 0.649. The average Bonchev–Trinajstić information content (AvgIpc) is 2.72. The molecule has 0 aliphatic heterocycles. The fourth-order valence-electron chi connectivity index (χ4n) is 1.88. The molecule has 1 heterocycles.